The normalized spacial score (nSPS) is 23.7. The Kier molecular flexibility index (Phi) is 3.61. The van der Waals surface area contributed by atoms with Crippen LogP contribution in [0.15, 0.2) is 18.2 Å². The Bertz CT molecular complexity index is 582. The van der Waals surface area contributed by atoms with Crippen LogP contribution in [0.3, 0.4) is 0 Å². The van der Waals surface area contributed by atoms with Crippen molar-refractivity contribution in [3.05, 3.63) is 34.6 Å². The summed E-state index contributed by atoms with van der Waals surface area (Å²) >= 11 is 6.01. The lowest BCUT2D eigenvalue weighted by Crippen LogP contribution is -2.35. The number of rotatable bonds is 5. The van der Waals surface area contributed by atoms with Gasteiger partial charge in [0.15, 0.2) is 0 Å². The lowest BCUT2D eigenvalue weighted by Gasteiger charge is -2.23. The molecule has 0 saturated heterocycles. The summed E-state index contributed by atoms with van der Waals surface area (Å²) in [5.41, 5.74) is 0.298. The van der Waals surface area contributed by atoms with E-state index in [-0.39, 0.29) is 18.5 Å². The summed E-state index contributed by atoms with van der Waals surface area (Å²) < 4.78 is 13.9. The highest BCUT2D eigenvalue weighted by molar-refractivity contribution is 6.31. The number of amides is 1. The van der Waals surface area contributed by atoms with Crippen LogP contribution in [-0.2, 0) is 16.1 Å². The SMILES string of the molecule is O=C(O)C1CC1C(=O)N(Cc1c(F)cccc1Cl)C1CC1. The molecule has 0 heterocycles. The Labute approximate surface area is 126 Å². The van der Waals surface area contributed by atoms with Crippen LogP contribution < -0.4 is 0 Å². The van der Waals surface area contributed by atoms with Crippen LogP contribution >= 0.6 is 11.6 Å². The molecule has 1 amide bonds. The summed E-state index contributed by atoms with van der Waals surface area (Å²) in [5, 5.41) is 9.23. The number of benzene rings is 1. The first-order valence-electron chi connectivity index (χ1n) is 6.95. The first-order chi connectivity index (χ1) is 9.99. The fraction of sp³-hybridized carbons (Fsp3) is 0.467. The monoisotopic (exact) mass is 311 g/mol. The zero-order valence-electron chi connectivity index (χ0n) is 11.3. The lowest BCUT2D eigenvalue weighted by molar-refractivity contribution is -0.142. The molecule has 1 aromatic rings. The van der Waals surface area contributed by atoms with Crippen molar-refractivity contribution in [2.75, 3.05) is 0 Å². The van der Waals surface area contributed by atoms with Crippen LogP contribution in [0, 0.1) is 17.7 Å². The van der Waals surface area contributed by atoms with Crippen molar-refractivity contribution < 1.29 is 19.1 Å². The van der Waals surface area contributed by atoms with E-state index in [0.29, 0.717) is 17.0 Å². The lowest BCUT2D eigenvalue weighted by atomic mass is 10.1. The highest BCUT2D eigenvalue weighted by Gasteiger charge is 2.51. The van der Waals surface area contributed by atoms with Crippen LogP contribution in [0.4, 0.5) is 4.39 Å². The zero-order valence-corrected chi connectivity index (χ0v) is 12.0. The van der Waals surface area contributed by atoms with Gasteiger partial charge in [0.2, 0.25) is 5.91 Å². The fourth-order valence-electron chi connectivity index (χ4n) is 2.58. The van der Waals surface area contributed by atoms with E-state index in [1.807, 2.05) is 0 Å². The standard InChI is InChI=1S/C15H15ClFNO3/c16-12-2-1-3-13(17)11(12)7-18(8-4-5-8)14(19)9-6-10(9)15(20)21/h1-3,8-10H,4-7H2,(H,20,21). The maximum atomic E-state index is 13.9. The Morgan fingerprint density at radius 1 is 1.33 bits per heavy atom. The minimum atomic E-state index is -0.937. The fourth-order valence-corrected chi connectivity index (χ4v) is 2.80. The van der Waals surface area contributed by atoms with Crippen LogP contribution in [0.25, 0.3) is 0 Å². The van der Waals surface area contributed by atoms with Gasteiger partial charge in [0.25, 0.3) is 0 Å². The molecule has 2 aliphatic rings. The molecule has 6 heteroatoms. The van der Waals surface area contributed by atoms with E-state index in [2.05, 4.69) is 0 Å². The van der Waals surface area contributed by atoms with Crippen molar-refractivity contribution in [3.8, 4) is 0 Å². The van der Waals surface area contributed by atoms with Crippen molar-refractivity contribution in [3.63, 3.8) is 0 Å². The smallest absolute Gasteiger partial charge is 0.307 e. The molecule has 112 valence electrons. The van der Waals surface area contributed by atoms with Gasteiger partial charge in [-0.25, -0.2) is 4.39 Å². The van der Waals surface area contributed by atoms with Gasteiger partial charge in [0, 0.05) is 16.6 Å². The van der Waals surface area contributed by atoms with E-state index in [1.165, 1.54) is 12.1 Å². The topological polar surface area (TPSA) is 57.6 Å². The van der Waals surface area contributed by atoms with Gasteiger partial charge in [-0.05, 0) is 31.4 Å². The van der Waals surface area contributed by atoms with Crippen LogP contribution in [0.2, 0.25) is 5.02 Å². The van der Waals surface area contributed by atoms with Crippen LogP contribution in [-0.4, -0.2) is 27.9 Å². The molecule has 21 heavy (non-hydrogen) atoms. The number of nitrogens with zero attached hydrogens (tertiary/aromatic N) is 1. The van der Waals surface area contributed by atoms with Gasteiger partial charge < -0.3 is 10.0 Å². The minimum Gasteiger partial charge on any atom is -0.481 e. The van der Waals surface area contributed by atoms with Crippen molar-refractivity contribution in [1.82, 2.24) is 4.90 Å². The van der Waals surface area contributed by atoms with E-state index in [0.717, 1.165) is 12.8 Å². The van der Waals surface area contributed by atoms with Gasteiger partial charge in [0.05, 0.1) is 18.4 Å². The van der Waals surface area contributed by atoms with E-state index in [4.69, 9.17) is 16.7 Å². The van der Waals surface area contributed by atoms with E-state index in [1.54, 1.807) is 11.0 Å². The third-order valence-electron chi connectivity index (χ3n) is 4.09. The first-order valence-corrected chi connectivity index (χ1v) is 7.33. The predicted octanol–water partition coefficient (Wildman–Crippen LogP) is 2.69. The highest BCUT2D eigenvalue weighted by Crippen LogP contribution is 2.43. The second-order valence-corrected chi connectivity index (χ2v) is 6.09. The molecule has 2 unspecified atom stereocenters. The van der Waals surface area contributed by atoms with Crippen molar-refractivity contribution in [2.24, 2.45) is 11.8 Å². The quantitative estimate of drug-likeness (QED) is 0.909. The van der Waals surface area contributed by atoms with E-state index in [9.17, 15) is 14.0 Å². The molecule has 1 N–H and O–H groups in total. The highest BCUT2D eigenvalue weighted by atomic mass is 35.5. The number of carbonyl (C=O) groups is 2. The molecule has 2 atom stereocenters. The predicted molar refractivity (Wildman–Crippen MR) is 74.2 cm³/mol. The third-order valence-corrected chi connectivity index (χ3v) is 4.44. The van der Waals surface area contributed by atoms with Crippen molar-refractivity contribution in [2.45, 2.75) is 31.8 Å². The molecule has 1 aromatic carbocycles. The maximum absolute atomic E-state index is 13.9. The molecule has 0 aromatic heterocycles. The van der Waals surface area contributed by atoms with Gasteiger partial charge >= 0.3 is 5.97 Å². The van der Waals surface area contributed by atoms with E-state index >= 15 is 0 Å². The van der Waals surface area contributed by atoms with Gasteiger partial charge in [-0.1, -0.05) is 17.7 Å². The molecule has 2 fully saturated rings. The van der Waals surface area contributed by atoms with Crippen LogP contribution in [0.5, 0.6) is 0 Å². The molecule has 2 aliphatic carbocycles. The summed E-state index contributed by atoms with van der Waals surface area (Å²) in [7, 11) is 0. The summed E-state index contributed by atoms with van der Waals surface area (Å²) in [4.78, 5) is 24.9. The number of hydrogen-bond acceptors (Lipinski definition) is 2. The minimum absolute atomic E-state index is 0.0863. The van der Waals surface area contributed by atoms with Gasteiger partial charge in [0.1, 0.15) is 5.82 Å². The average molecular weight is 312 g/mol. The molecule has 0 aliphatic heterocycles. The summed E-state index contributed by atoms with van der Waals surface area (Å²) in [6, 6.07) is 4.51. The number of aliphatic carboxylic acids is 1. The van der Waals surface area contributed by atoms with Gasteiger partial charge in [-0.15, -0.1) is 0 Å². The number of carboxylic acids is 1. The largest absolute Gasteiger partial charge is 0.481 e. The first kappa shape index (κ1) is 14.3. The van der Waals surface area contributed by atoms with E-state index < -0.39 is 23.6 Å². The Morgan fingerprint density at radius 3 is 2.57 bits per heavy atom. The third kappa shape index (κ3) is 2.88. The van der Waals surface area contributed by atoms with Gasteiger partial charge in [-0.2, -0.15) is 0 Å². The Hall–Kier alpha value is -1.62. The molecule has 2 saturated carbocycles. The Morgan fingerprint density at radius 2 is 2.05 bits per heavy atom. The molecule has 3 rings (SSSR count). The van der Waals surface area contributed by atoms with Crippen molar-refractivity contribution >= 4 is 23.5 Å². The second kappa shape index (κ2) is 5.30. The number of halogens is 2. The number of carbonyl (C=O) groups excluding carboxylic acids is 1. The summed E-state index contributed by atoms with van der Waals surface area (Å²) in [5.74, 6) is -2.62. The van der Waals surface area contributed by atoms with Crippen LogP contribution in [0.1, 0.15) is 24.8 Å². The molecular weight excluding hydrogens is 297 g/mol. The zero-order chi connectivity index (χ0) is 15.1. The molecular formula is C15H15ClFNO3. The maximum Gasteiger partial charge on any atom is 0.307 e. The Balaban J connectivity index is 1.77. The molecule has 0 bridgehead atoms. The van der Waals surface area contributed by atoms with Crippen molar-refractivity contribution in [1.29, 1.82) is 0 Å². The number of hydrogen-bond donors (Lipinski definition) is 1. The molecule has 0 spiro atoms. The molecule has 4 nitrogen and oxygen atoms in total. The molecule has 0 radical (unpaired) electrons. The summed E-state index contributed by atoms with van der Waals surface area (Å²) in [6.07, 6.45) is 2.13. The average Bonchev–Trinajstić information content (AvgIpc) is 3.29. The van der Waals surface area contributed by atoms with Gasteiger partial charge in [-0.3, -0.25) is 9.59 Å². The second-order valence-electron chi connectivity index (χ2n) is 5.68. The number of carboxylic acid groups (broad SMARTS) is 1. The summed E-state index contributed by atoms with van der Waals surface area (Å²) in [6.45, 7) is 0.109.